The van der Waals surface area contributed by atoms with Crippen molar-refractivity contribution in [2.75, 3.05) is 4.72 Å². The fourth-order valence-corrected chi connectivity index (χ4v) is 5.33. The minimum absolute atomic E-state index is 0.0836. The summed E-state index contributed by atoms with van der Waals surface area (Å²) in [4.78, 5) is 4.24. The van der Waals surface area contributed by atoms with E-state index in [0.717, 1.165) is 17.9 Å². The Morgan fingerprint density at radius 3 is 2.45 bits per heavy atom. The van der Waals surface area contributed by atoms with E-state index in [1.54, 1.807) is 12.1 Å². The Balaban J connectivity index is 1.39. The van der Waals surface area contributed by atoms with Gasteiger partial charge in [-0.3, -0.25) is 4.72 Å². The lowest BCUT2D eigenvalue weighted by Gasteiger charge is -2.19. The molecule has 0 saturated heterocycles. The average molecular weight is 466 g/mol. The Morgan fingerprint density at radius 2 is 1.73 bits per heavy atom. The Morgan fingerprint density at radius 1 is 1.00 bits per heavy atom. The molecular weight excluding hydrogens is 434 g/mol. The van der Waals surface area contributed by atoms with Crippen LogP contribution in [0.5, 0.6) is 11.6 Å². The van der Waals surface area contributed by atoms with Crippen molar-refractivity contribution in [1.82, 2.24) is 10.3 Å². The molecule has 0 radical (unpaired) electrons. The van der Waals surface area contributed by atoms with Crippen LogP contribution in [0.4, 0.5) is 5.69 Å². The van der Waals surface area contributed by atoms with E-state index >= 15 is 0 Å². The monoisotopic (exact) mass is 465 g/mol. The highest BCUT2D eigenvalue weighted by Gasteiger charge is 2.19. The number of hydrogen-bond acceptors (Lipinski definition) is 5. The predicted octanol–water partition coefficient (Wildman–Crippen LogP) is 5.73. The molecule has 33 heavy (non-hydrogen) atoms. The Bertz CT molecular complexity index is 1130. The van der Waals surface area contributed by atoms with Crippen LogP contribution in [0, 0.1) is 5.92 Å². The first-order valence-corrected chi connectivity index (χ1v) is 13.0. The van der Waals surface area contributed by atoms with Crippen LogP contribution < -0.4 is 14.8 Å². The summed E-state index contributed by atoms with van der Waals surface area (Å²) in [6, 6.07) is 20.2. The number of nitrogens with zero attached hydrogens (tertiary/aromatic N) is 1. The maximum absolute atomic E-state index is 13.0. The molecule has 174 valence electrons. The number of nitrogens with one attached hydrogen (secondary N) is 2. The molecule has 1 aliphatic carbocycles. The number of anilines is 1. The molecule has 3 aromatic rings. The first-order valence-electron chi connectivity index (χ1n) is 11.5. The average Bonchev–Trinajstić information content (AvgIpc) is 3.32. The quantitative estimate of drug-likeness (QED) is 0.399. The molecule has 0 spiro atoms. The second kappa shape index (κ2) is 10.8. The molecule has 0 amide bonds. The molecule has 2 aromatic carbocycles. The number of para-hydroxylation sites is 2. The van der Waals surface area contributed by atoms with E-state index in [4.69, 9.17) is 4.74 Å². The van der Waals surface area contributed by atoms with E-state index in [-0.39, 0.29) is 4.90 Å². The minimum Gasteiger partial charge on any atom is -0.439 e. The van der Waals surface area contributed by atoms with Crippen LogP contribution in [-0.2, 0) is 16.6 Å². The summed E-state index contributed by atoms with van der Waals surface area (Å²) < 4.78 is 34.3. The number of benzene rings is 2. The third-order valence-corrected chi connectivity index (χ3v) is 7.40. The second-order valence-electron chi connectivity index (χ2n) is 8.68. The Hall–Kier alpha value is -2.90. The van der Waals surface area contributed by atoms with Gasteiger partial charge in [-0.1, -0.05) is 62.1 Å². The normalized spacial score (nSPS) is 15.3. The minimum atomic E-state index is -3.78. The van der Waals surface area contributed by atoms with Crippen molar-refractivity contribution in [3.63, 3.8) is 0 Å². The van der Waals surface area contributed by atoms with Crippen LogP contribution in [0.2, 0.25) is 0 Å². The zero-order chi connectivity index (χ0) is 23.1. The van der Waals surface area contributed by atoms with Gasteiger partial charge in [0.2, 0.25) is 5.88 Å². The number of aromatic nitrogens is 1. The summed E-state index contributed by atoms with van der Waals surface area (Å²) in [5.41, 5.74) is 1.49. The first kappa shape index (κ1) is 23.3. The summed E-state index contributed by atoms with van der Waals surface area (Å²) >= 11 is 0. The van der Waals surface area contributed by atoms with Crippen LogP contribution in [0.25, 0.3) is 0 Å². The van der Waals surface area contributed by atoms with Gasteiger partial charge < -0.3 is 10.1 Å². The van der Waals surface area contributed by atoms with Gasteiger partial charge in [-0.15, -0.1) is 0 Å². The number of sulfonamides is 1. The smallest absolute Gasteiger partial charge is 0.263 e. The standard InChI is InChI=1S/C26H31N3O3S/c1-20(17-21-9-5-6-10-21)27-18-22-11-7-8-14-25(22)29-33(30,31)24-15-16-26(28-19-24)32-23-12-3-2-4-13-23/h2-4,7-8,11-16,19-21,27,29H,5-6,9-10,17-18H2,1H3/t20-/m0/s1. The van der Waals surface area contributed by atoms with Crippen molar-refractivity contribution >= 4 is 15.7 Å². The molecule has 0 bridgehead atoms. The number of hydrogen-bond donors (Lipinski definition) is 2. The van der Waals surface area contributed by atoms with Gasteiger partial charge in [0.1, 0.15) is 10.6 Å². The van der Waals surface area contributed by atoms with Gasteiger partial charge in [0.05, 0.1) is 11.9 Å². The molecule has 1 fully saturated rings. The molecule has 0 aliphatic heterocycles. The third-order valence-electron chi connectivity index (χ3n) is 6.05. The summed E-state index contributed by atoms with van der Waals surface area (Å²) in [6.45, 7) is 2.81. The van der Waals surface area contributed by atoms with E-state index in [1.807, 2.05) is 48.5 Å². The van der Waals surface area contributed by atoms with Gasteiger partial charge in [-0.2, -0.15) is 0 Å². The Kier molecular flexibility index (Phi) is 7.62. The molecule has 0 unspecified atom stereocenters. The molecule has 7 heteroatoms. The molecule has 6 nitrogen and oxygen atoms in total. The maximum atomic E-state index is 13.0. The van der Waals surface area contributed by atoms with Crippen molar-refractivity contribution in [3.05, 3.63) is 78.5 Å². The van der Waals surface area contributed by atoms with E-state index in [0.29, 0.717) is 29.9 Å². The van der Waals surface area contributed by atoms with Crippen molar-refractivity contribution in [2.45, 2.75) is 56.5 Å². The summed E-state index contributed by atoms with van der Waals surface area (Å²) in [5.74, 6) is 1.78. The molecule has 1 atom stereocenters. The zero-order valence-corrected chi connectivity index (χ0v) is 19.7. The van der Waals surface area contributed by atoms with E-state index < -0.39 is 10.0 Å². The second-order valence-corrected chi connectivity index (χ2v) is 10.4. The fourth-order valence-electron chi connectivity index (χ4n) is 4.29. The number of pyridine rings is 1. The van der Waals surface area contributed by atoms with Gasteiger partial charge in [0, 0.05) is 18.7 Å². The summed E-state index contributed by atoms with van der Waals surface area (Å²) in [6.07, 6.45) is 7.81. The highest BCUT2D eigenvalue weighted by molar-refractivity contribution is 7.92. The van der Waals surface area contributed by atoms with Gasteiger partial charge >= 0.3 is 0 Å². The van der Waals surface area contributed by atoms with Gasteiger partial charge in [0.15, 0.2) is 0 Å². The van der Waals surface area contributed by atoms with Crippen LogP contribution >= 0.6 is 0 Å². The van der Waals surface area contributed by atoms with Crippen molar-refractivity contribution < 1.29 is 13.2 Å². The Labute approximate surface area is 196 Å². The van der Waals surface area contributed by atoms with E-state index in [2.05, 4.69) is 21.9 Å². The predicted molar refractivity (Wildman–Crippen MR) is 131 cm³/mol. The lowest BCUT2D eigenvalue weighted by Crippen LogP contribution is -2.28. The largest absolute Gasteiger partial charge is 0.439 e. The molecule has 1 saturated carbocycles. The van der Waals surface area contributed by atoms with Gasteiger partial charge in [-0.25, -0.2) is 13.4 Å². The van der Waals surface area contributed by atoms with E-state index in [1.165, 1.54) is 37.9 Å². The van der Waals surface area contributed by atoms with Crippen LogP contribution in [-0.4, -0.2) is 19.4 Å². The van der Waals surface area contributed by atoms with Gasteiger partial charge in [0.25, 0.3) is 10.0 Å². The van der Waals surface area contributed by atoms with Crippen molar-refractivity contribution in [2.24, 2.45) is 5.92 Å². The maximum Gasteiger partial charge on any atom is 0.263 e. The molecular formula is C26H31N3O3S. The SMILES string of the molecule is C[C@@H](CC1CCCC1)NCc1ccccc1NS(=O)(=O)c1ccc(Oc2ccccc2)nc1. The molecule has 1 aromatic heterocycles. The van der Waals surface area contributed by atoms with Crippen molar-refractivity contribution in [1.29, 1.82) is 0 Å². The number of rotatable bonds is 10. The van der Waals surface area contributed by atoms with Crippen LogP contribution in [0.1, 0.15) is 44.6 Å². The molecule has 1 aliphatic rings. The van der Waals surface area contributed by atoms with Crippen LogP contribution in [0.3, 0.4) is 0 Å². The topological polar surface area (TPSA) is 80.3 Å². The van der Waals surface area contributed by atoms with Gasteiger partial charge in [-0.05, 0) is 49.1 Å². The van der Waals surface area contributed by atoms with Crippen LogP contribution in [0.15, 0.2) is 77.8 Å². The lowest BCUT2D eigenvalue weighted by molar-refractivity contribution is 0.404. The molecule has 4 rings (SSSR count). The summed E-state index contributed by atoms with van der Waals surface area (Å²) in [5, 5.41) is 3.56. The molecule has 1 heterocycles. The zero-order valence-electron chi connectivity index (χ0n) is 18.9. The fraction of sp³-hybridized carbons (Fsp3) is 0.346. The summed E-state index contributed by atoms with van der Waals surface area (Å²) in [7, 11) is -3.78. The third kappa shape index (κ3) is 6.55. The lowest BCUT2D eigenvalue weighted by atomic mass is 9.99. The highest BCUT2D eigenvalue weighted by Crippen LogP contribution is 2.29. The van der Waals surface area contributed by atoms with E-state index in [9.17, 15) is 8.42 Å². The molecule has 2 N–H and O–H groups in total. The highest BCUT2D eigenvalue weighted by atomic mass is 32.2. The number of ether oxygens (including phenoxy) is 1. The first-order chi connectivity index (χ1) is 16.0. The van der Waals surface area contributed by atoms with Crippen molar-refractivity contribution in [3.8, 4) is 11.6 Å².